The van der Waals surface area contributed by atoms with Crippen LogP contribution >= 0.6 is 11.6 Å². The summed E-state index contributed by atoms with van der Waals surface area (Å²) in [5, 5.41) is 3.67. The highest BCUT2D eigenvalue weighted by molar-refractivity contribution is 6.30. The van der Waals surface area contributed by atoms with Gasteiger partial charge in [-0.2, -0.15) is 0 Å². The molecule has 6 heteroatoms. The maximum absolute atomic E-state index is 13.6. The van der Waals surface area contributed by atoms with Gasteiger partial charge in [0.2, 0.25) is 5.91 Å². The van der Waals surface area contributed by atoms with E-state index >= 15 is 0 Å². The second kappa shape index (κ2) is 13.0. The van der Waals surface area contributed by atoms with Crippen LogP contribution in [0.3, 0.4) is 0 Å². The van der Waals surface area contributed by atoms with E-state index in [2.05, 4.69) is 5.32 Å². The molecule has 0 fully saturated rings. The summed E-state index contributed by atoms with van der Waals surface area (Å²) in [6.45, 7) is 6.11. The smallest absolute Gasteiger partial charge is 0.261 e. The van der Waals surface area contributed by atoms with Crippen molar-refractivity contribution < 1.29 is 14.3 Å². The van der Waals surface area contributed by atoms with Gasteiger partial charge in [-0.3, -0.25) is 9.59 Å². The third-order valence-electron chi connectivity index (χ3n) is 5.88. The molecule has 3 aromatic carbocycles. The number of hydrogen-bond acceptors (Lipinski definition) is 3. The van der Waals surface area contributed by atoms with Crippen LogP contribution in [0.4, 0.5) is 0 Å². The van der Waals surface area contributed by atoms with Gasteiger partial charge in [-0.25, -0.2) is 0 Å². The summed E-state index contributed by atoms with van der Waals surface area (Å²) in [5.41, 5.74) is 3.03. The fourth-order valence-corrected chi connectivity index (χ4v) is 3.89. The zero-order valence-electron chi connectivity index (χ0n) is 20.5. The standard InChI is InChI=1S/C29H33ClN2O3/c1-4-22(3)31-29(34)27(18-23-10-6-5-7-11-23)32(19-24-12-8-9-21(2)17-24)28(33)20-35-26-15-13-25(30)14-16-26/h5-17,22,27H,4,18-20H2,1-3H3,(H,31,34)/t22-,27+/m1/s1. The first kappa shape index (κ1) is 26.3. The molecule has 0 saturated carbocycles. The van der Waals surface area contributed by atoms with Gasteiger partial charge in [0.15, 0.2) is 6.61 Å². The third kappa shape index (κ3) is 8.15. The van der Waals surface area contributed by atoms with Crippen LogP contribution in [0.25, 0.3) is 0 Å². The van der Waals surface area contributed by atoms with Crippen molar-refractivity contribution in [2.24, 2.45) is 0 Å². The minimum Gasteiger partial charge on any atom is -0.484 e. The van der Waals surface area contributed by atoms with Gasteiger partial charge in [0.05, 0.1) is 0 Å². The molecule has 0 aliphatic carbocycles. The number of rotatable bonds is 11. The Hall–Kier alpha value is -3.31. The molecule has 0 aliphatic heterocycles. The second-order valence-corrected chi connectivity index (χ2v) is 9.21. The fourth-order valence-electron chi connectivity index (χ4n) is 3.76. The molecule has 0 aliphatic rings. The summed E-state index contributed by atoms with van der Waals surface area (Å²) in [6, 6.07) is 23.9. The maximum Gasteiger partial charge on any atom is 0.261 e. The quantitative estimate of drug-likeness (QED) is 0.380. The lowest BCUT2D eigenvalue weighted by atomic mass is 10.0. The number of nitrogens with one attached hydrogen (secondary N) is 1. The fraction of sp³-hybridized carbons (Fsp3) is 0.310. The number of ether oxygens (including phenoxy) is 1. The van der Waals surface area contributed by atoms with Crippen LogP contribution in [0.15, 0.2) is 78.9 Å². The Balaban J connectivity index is 1.90. The molecule has 35 heavy (non-hydrogen) atoms. The van der Waals surface area contributed by atoms with Crippen LogP contribution in [0.5, 0.6) is 5.75 Å². The molecule has 0 bridgehead atoms. The lowest BCUT2D eigenvalue weighted by Gasteiger charge is -2.32. The highest BCUT2D eigenvalue weighted by Crippen LogP contribution is 2.18. The van der Waals surface area contributed by atoms with Crippen molar-refractivity contribution in [2.75, 3.05) is 6.61 Å². The van der Waals surface area contributed by atoms with E-state index < -0.39 is 6.04 Å². The monoisotopic (exact) mass is 492 g/mol. The highest BCUT2D eigenvalue weighted by atomic mass is 35.5. The minimum absolute atomic E-state index is 0.00186. The Morgan fingerprint density at radius 3 is 2.31 bits per heavy atom. The Kier molecular flexibility index (Phi) is 9.74. The number of carbonyl (C=O) groups is 2. The summed E-state index contributed by atoms with van der Waals surface area (Å²) in [7, 11) is 0. The summed E-state index contributed by atoms with van der Waals surface area (Å²) in [4.78, 5) is 28.7. The van der Waals surface area contributed by atoms with Crippen molar-refractivity contribution in [3.8, 4) is 5.75 Å². The van der Waals surface area contributed by atoms with Crippen molar-refractivity contribution in [3.05, 3.63) is 101 Å². The van der Waals surface area contributed by atoms with Gasteiger partial charge in [-0.1, -0.05) is 78.7 Å². The average molecular weight is 493 g/mol. The Morgan fingerprint density at radius 1 is 0.971 bits per heavy atom. The molecule has 5 nitrogen and oxygen atoms in total. The lowest BCUT2D eigenvalue weighted by Crippen LogP contribution is -2.53. The van der Waals surface area contributed by atoms with Gasteiger partial charge in [-0.15, -0.1) is 0 Å². The predicted molar refractivity (Wildman–Crippen MR) is 141 cm³/mol. The molecule has 0 aromatic heterocycles. The Bertz CT molecular complexity index is 1100. The molecule has 184 valence electrons. The molecule has 0 spiro atoms. The first-order chi connectivity index (χ1) is 16.9. The van der Waals surface area contributed by atoms with Gasteiger partial charge < -0.3 is 15.0 Å². The van der Waals surface area contributed by atoms with Crippen molar-refractivity contribution in [1.82, 2.24) is 10.2 Å². The number of aryl methyl sites for hydroxylation is 1. The second-order valence-electron chi connectivity index (χ2n) is 8.78. The van der Waals surface area contributed by atoms with E-state index in [4.69, 9.17) is 16.3 Å². The Morgan fingerprint density at radius 2 is 1.66 bits per heavy atom. The molecule has 2 amide bonds. The highest BCUT2D eigenvalue weighted by Gasteiger charge is 2.31. The number of hydrogen-bond donors (Lipinski definition) is 1. The lowest BCUT2D eigenvalue weighted by molar-refractivity contribution is -0.143. The van der Waals surface area contributed by atoms with E-state index in [-0.39, 0.29) is 24.5 Å². The van der Waals surface area contributed by atoms with E-state index in [0.717, 1.165) is 23.1 Å². The molecule has 0 saturated heterocycles. The van der Waals surface area contributed by atoms with Gasteiger partial charge >= 0.3 is 0 Å². The molecule has 3 aromatic rings. The molecule has 3 rings (SSSR count). The van der Waals surface area contributed by atoms with Crippen LogP contribution in [-0.4, -0.2) is 35.4 Å². The molecular formula is C29H33ClN2O3. The van der Waals surface area contributed by atoms with E-state index in [1.54, 1.807) is 29.2 Å². The zero-order chi connectivity index (χ0) is 25.2. The van der Waals surface area contributed by atoms with E-state index in [1.165, 1.54) is 0 Å². The number of amides is 2. The summed E-state index contributed by atoms with van der Waals surface area (Å²) < 4.78 is 5.77. The maximum atomic E-state index is 13.6. The number of carbonyl (C=O) groups excluding carboxylic acids is 2. The van der Waals surface area contributed by atoms with Crippen LogP contribution in [0.2, 0.25) is 5.02 Å². The van der Waals surface area contributed by atoms with Crippen molar-refractivity contribution >= 4 is 23.4 Å². The van der Waals surface area contributed by atoms with Crippen LogP contribution in [0.1, 0.15) is 37.0 Å². The first-order valence-corrected chi connectivity index (χ1v) is 12.3. The Labute approximate surface area is 213 Å². The zero-order valence-corrected chi connectivity index (χ0v) is 21.3. The number of halogens is 1. The topological polar surface area (TPSA) is 58.6 Å². The van der Waals surface area contributed by atoms with Crippen molar-refractivity contribution in [3.63, 3.8) is 0 Å². The predicted octanol–water partition coefficient (Wildman–Crippen LogP) is 5.58. The SMILES string of the molecule is CC[C@@H](C)NC(=O)[C@H](Cc1ccccc1)N(Cc1cccc(C)c1)C(=O)COc1ccc(Cl)cc1. The van der Waals surface area contributed by atoms with E-state index in [9.17, 15) is 9.59 Å². The molecule has 1 N–H and O–H groups in total. The van der Waals surface area contributed by atoms with E-state index in [0.29, 0.717) is 23.7 Å². The number of nitrogens with zero attached hydrogens (tertiary/aromatic N) is 1. The first-order valence-electron chi connectivity index (χ1n) is 11.9. The van der Waals surface area contributed by atoms with Crippen LogP contribution < -0.4 is 10.1 Å². The largest absolute Gasteiger partial charge is 0.484 e. The van der Waals surface area contributed by atoms with Gasteiger partial charge in [0.1, 0.15) is 11.8 Å². The molecule has 0 unspecified atom stereocenters. The number of benzene rings is 3. The van der Waals surface area contributed by atoms with Gasteiger partial charge in [-0.05, 0) is 55.7 Å². The van der Waals surface area contributed by atoms with Crippen LogP contribution in [0, 0.1) is 6.92 Å². The molecule has 2 atom stereocenters. The van der Waals surface area contributed by atoms with Gasteiger partial charge in [0.25, 0.3) is 5.91 Å². The normalized spacial score (nSPS) is 12.5. The van der Waals surface area contributed by atoms with E-state index in [1.807, 2.05) is 75.4 Å². The minimum atomic E-state index is -0.687. The molecular weight excluding hydrogens is 460 g/mol. The molecule has 0 heterocycles. The third-order valence-corrected chi connectivity index (χ3v) is 6.14. The molecule has 0 radical (unpaired) electrons. The van der Waals surface area contributed by atoms with Gasteiger partial charge in [0, 0.05) is 24.0 Å². The van der Waals surface area contributed by atoms with Crippen molar-refractivity contribution in [1.29, 1.82) is 0 Å². The summed E-state index contributed by atoms with van der Waals surface area (Å²) >= 11 is 5.96. The van der Waals surface area contributed by atoms with Crippen LogP contribution in [-0.2, 0) is 22.6 Å². The average Bonchev–Trinajstić information content (AvgIpc) is 2.86. The van der Waals surface area contributed by atoms with Crippen molar-refractivity contribution in [2.45, 2.75) is 52.2 Å². The summed E-state index contributed by atoms with van der Waals surface area (Å²) in [5.74, 6) is 0.110. The summed E-state index contributed by atoms with van der Waals surface area (Å²) in [6.07, 6.45) is 1.21.